The second-order valence-electron chi connectivity index (χ2n) is 1.96. The molecule has 0 rings (SSSR count). The van der Waals surface area contributed by atoms with Crippen molar-refractivity contribution < 1.29 is 9.84 Å². The highest BCUT2D eigenvalue weighted by Crippen LogP contribution is 2.08. The van der Waals surface area contributed by atoms with E-state index in [1.54, 1.807) is 6.92 Å². The molecule has 0 heterocycles. The monoisotopic (exact) mass is 118 g/mol. The lowest BCUT2D eigenvalue weighted by atomic mass is 10.2. The number of rotatable bonds is 3. The summed E-state index contributed by atoms with van der Waals surface area (Å²) < 4.78 is 4.93. The largest absolute Gasteiger partial charge is 0.366 e. The maximum Gasteiger partial charge on any atom is 0.162 e. The first-order valence-electron chi connectivity index (χ1n) is 2.98. The maximum atomic E-state index is 9.10. The molecule has 0 aromatic heterocycles. The highest BCUT2D eigenvalue weighted by Gasteiger charge is 2.15. The van der Waals surface area contributed by atoms with Crippen LogP contribution in [0.3, 0.4) is 0 Å². The van der Waals surface area contributed by atoms with Crippen LogP contribution in [0.1, 0.15) is 27.2 Å². The SMILES string of the molecule is CCOC(C)(O)CC. The van der Waals surface area contributed by atoms with E-state index in [1.165, 1.54) is 0 Å². The number of hydrogen-bond acceptors (Lipinski definition) is 2. The van der Waals surface area contributed by atoms with Gasteiger partial charge in [-0.3, -0.25) is 0 Å². The molecule has 8 heavy (non-hydrogen) atoms. The van der Waals surface area contributed by atoms with Gasteiger partial charge in [0.2, 0.25) is 0 Å². The predicted octanol–water partition coefficient (Wildman–Crippen LogP) is 1.14. The van der Waals surface area contributed by atoms with Gasteiger partial charge in [0.05, 0.1) is 0 Å². The number of hydrogen-bond donors (Lipinski definition) is 1. The van der Waals surface area contributed by atoms with E-state index in [4.69, 9.17) is 9.84 Å². The summed E-state index contributed by atoms with van der Waals surface area (Å²) in [5.41, 5.74) is 0. The fraction of sp³-hybridized carbons (Fsp3) is 1.00. The third-order valence-corrected chi connectivity index (χ3v) is 1.11. The van der Waals surface area contributed by atoms with Gasteiger partial charge in [0.1, 0.15) is 0 Å². The van der Waals surface area contributed by atoms with Gasteiger partial charge in [0, 0.05) is 6.61 Å². The van der Waals surface area contributed by atoms with Gasteiger partial charge in [-0.15, -0.1) is 0 Å². The van der Waals surface area contributed by atoms with Gasteiger partial charge in [0.25, 0.3) is 0 Å². The van der Waals surface area contributed by atoms with Crippen LogP contribution in [0.15, 0.2) is 0 Å². The lowest BCUT2D eigenvalue weighted by Crippen LogP contribution is -2.26. The molecule has 50 valence electrons. The molecule has 0 aromatic carbocycles. The predicted molar refractivity (Wildman–Crippen MR) is 32.5 cm³/mol. The first kappa shape index (κ1) is 7.92. The van der Waals surface area contributed by atoms with Gasteiger partial charge in [-0.25, -0.2) is 0 Å². The third-order valence-electron chi connectivity index (χ3n) is 1.11. The topological polar surface area (TPSA) is 29.5 Å². The Labute approximate surface area is 50.5 Å². The summed E-state index contributed by atoms with van der Waals surface area (Å²) in [4.78, 5) is 0. The molecule has 0 spiro atoms. The molecule has 2 nitrogen and oxygen atoms in total. The molecule has 2 heteroatoms. The lowest BCUT2D eigenvalue weighted by Gasteiger charge is -2.20. The van der Waals surface area contributed by atoms with Crippen LogP contribution in [-0.4, -0.2) is 17.5 Å². The Hall–Kier alpha value is -0.0800. The fourth-order valence-corrected chi connectivity index (χ4v) is 0.413. The van der Waals surface area contributed by atoms with E-state index in [2.05, 4.69) is 0 Å². The van der Waals surface area contributed by atoms with E-state index in [0.29, 0.717) is 13.0 Å². The second-order valence-corrected chi connectivity index (χ2v) is 1.96. The van der Waals surface area contributed by atoms with Crippen LogP contribution >= 0.6 is 0 Å². The van der Waals surface area contributed by atoms with Gasteiger partial charge in [-0.2, -0.15) is 0 Å². The summed E-state index contributed by atoms with van der Waals surface area (Å²) in [6.07, 6.45) is 0.640. The van der Waals surface area contributed by atoms with Crippen molar-refractivity contribution in [3.8, 4) is 0 Å². The quantitative estimate of drug-likeness (QED) is 0.563. The average molecular weight is 118 g/mol. The standard InChI is InChI=1S/C6H14O2/c1-4-6(3,7)8-5-2/h7H,4-5H2,1-3H3. The van der Waals surface area contributed by atoms with Crippen LogP contribution in [0.4, 0.5) is 0 Å². The van der Waals surface area contributed by atoms with Crippen molar-refractivity contribution in [2.75, 3.05) is 6.61 Å². The van der Waals surface area contributed by atoms with E-state index in [1.807, 2.05) is 13.8 Å². The Balaban J connectivity index is 3.37. The van der Waals surface area contributed by atoms with Gasteiger partial charge in [0.15, 0.2) is 5.79 Å². The molecule has 0 aliphatic heterocycles. The molecule has 0 amide bonds. The Morgan fingerprint density at radius 1 is 1.50 bits per heavy atom. The minimum Gasteiger partial charge on any atom is -0.366 e. The second kappa shape index (κ2) is 3.05. The zero-order valence-electron chi connectivity index (χ0n) is 5.77. The van der Waals surface area contributed by atoms with E-state index >= 15 is 0 Å². The van der Waals surface area contributed by atoms with Crippen LogP contribution in [0.5, 0.6) is 0 Å². The van der Waals surface area contributed by atoms with Crippen LogP contribution in [-0.2, 0) is 4.74 Å². The van der Waals surface area contributed by atoms with Crippen molar-refractivity contribution >= 4 is 0 Å². The summed E-state index contributed by atoms with van der Waals surface area (Å²) in [5.74, 6) is -0.908. The molecule has 1 atom stereocenters. The van der Waals surface area contributed by atoms with Crippen LogP contribution in [0.2, 0.25) is 0 Å². The molecule has 0 aliphatic carbocycles. The van der Waals surface area contributed by atoms with Crippen LogP contribution in [0.25, 0.3) is 0 Å². The van der Waals surface area contributed by atoms with Crippen LogP contribution < -0.4 is 0 Å². The molecule has 0 aromatic rings. The van der Waals surface area contributed by atoms with Crippen molar-refractivity contribution in [3.05, 3.63) is 0 Å². The normalized spacial score (nSPS) is 18.0. The van der Waals surface area contributed by atoms with Crippen molar-refractivity contribution in [3.63, 3.8) is 0 Å². The number of ether oxygens (including phenoxy) is 1. The molecule has 1 unspecified atom stereocenters. The van der Waals surface area contributed by atoms with Crippen molar-refractivity contribution in [2.45, 2.75) is 33.0 Å². The first-order chi connectivity index (χ1) is 3.62. The highest BCUT2D eigenvalue weighted by atomic mass is 16.6. The number of aliphatic hydroxyl groups is 1. The smallest absolute Gasteiger partial charge is 0.162 e. The Morgan fingerprint density at radius 3 is 2.12 bits per heavy atom. The van der Waals surface area contributed by atoms with E-state index in [-0.39, 0.29) is 0 Å². The molecule has 1 N–H and O–H groups in total. The average Bonchev–Trinajstić information content (AvgIpc) is 1.67. The van der Waals surface area contributed by atoms with E-state index in [9.17, 15) is 0 Å². The summed E-state index contributed by atoms with van der Waals surface area (Å²) in [7, 11) is 0. The van der Waals surface area contributed by atoms with Crippen molar-refractivity contribution in [2.24, 2.45) is 0 Å². The van der Waals surface area contributed by atoms with Gasteiger partial charge < -0.3 is 9.84 Å². The van der Waals surface area contributed by atoms with Gasteiger partial charge in [-0.1, -0.05) is 6.92 Å². The molecule has 0 radical (unpaired) electrons. The van der Waals surface area contributed by atoms with E-state index < -0.39 is 5.79 Å². The van der Waals surface area contributed by atoms with Gasteiger partial charge >= 0.3 is 0 Å². The summed E-state index contributed by atoms with van der Waals surface area (Å²) in [6, 6.07) is 0. The summed E-state index contributed by atoms with van der Waals surface area (Å²) in [6.45, 7) is 5.98. The molecule has 0 bridgehead atoms. The fourth-order valence-electron chi connectivity index (χ4n) is 0.413. The van der Waals surface area contributed by atoms with E-state index in [0.717, 1.165) is 0 Å². The summed E-state index contributed by atoms with van der Waals surface area (Å²) >= 11 is 0. The lowest BCUT2D eigenvalue weighted by molar-refractivity contribution is -0.187. The molecule has 0 fully saturated rings. The highest BCUT2D eigenvalue weighted by molar-refractivity contribution is 4.53. The first-order valence-corrected chi connectivity index (χ1v) is 2.98. The molecular formula is C6H14O2. The zero-order valence-corrected chi connectivity index (χ0v) is 5.77. The maximum absolute atomic E-state index is 9.10. The Kier molecular flexibility index (Phi) is 3.02. The van der Waals surface area contributed by atoms with Crippen LogP contribution in [0, 0.1) is 0 Å². The minimum absolute atomic E-state index is 0.570. The zero-order chi connectivity index (χ0) is 6.62. The van der Waals surface area contributed by atoms with Crippen molar-refractivity contribution in [1.29, 1.82) is 0 Å². The molecular weight excluding hydrogens is 104 g/mol. The summed E-state index contributed by atoms with van der Waals surface area (Å²) in [5, 5.41) is 9.10. The minimum atomic E-state index is -0.908. The molecule has 0 saturated heterocycles. The molecule has 0 aliphatic rings. The molecule has 0 saturated carbocycles. The van der Waals surface area contributed by atoms with Gasteiger partial charge in [-0.05, 0) is 20.3 Å². The third kappa shape index (κ3) is 2.99. The van der Waals surface area contributed by atoms with Crippen molar-refractivity contribution in [1.82, 2.24) is 0 Å². The Morgan fingerprint density at radius 2 is 2.00 bits per heavy atom. The Bertz CT molecular complexity index is 59.5.